The lowest BCUT2D eigenvalue weighted by Crippen LogP contribution is -2.48. The normalized spacial score (nSPS) is 23.2. The van der Waals surface area contributed by atoms with Crippen LogP contribution in [0.4, 0.5) is 0 Å². The predicted octanol–water partition coefficient (Wildman–Crippen LogP) is 1.11. The van der Waals surface area contributed by atoms with Gasteiger partial charge in [0, 0.05) is 25.3 Å². The molecule has 1 saturated heterocycles. The molecule has 1 aliphatic rings. The zero-order valence-electron chi connectivity index (χ0n) is 11.4. The maximum Gasteiger partial charge on any atom is 0.0645 e. The second-order valence-electron chi connectivity index (χ2n) is 5.26. The smallest absolute Gasteiger partial charge is 0.0645 e. The molecule has 0 bridgehead atoms. The zero-order valence-corrected chi connectivity index (χ0v) is 11.4. The van der Waals surface area contributed by atoms with Gasteiger partial charge in [0.1, 0.15) is 0 Å². The highest BCUT2D eigenvalue weighted by Gasteiger charge is 2.27. The minimum Gasteiger partial charge on any atom is -0.329 e. The molecule has 2 heterocycles. The quantitative estimate of drug-likeness (QED) is 0.867. The first-order chi connectivity index (χ1) is 8.72. The van der Waals surface area contributed by atoms with Crippen LogP contribution in [0.3, 0.4) is 0 Å². The van der Waals surface area contributed by atoms with E-state index in [1.807, 2.05) is 18.3 Å². The van der Waals surface area contributed by atoms with Crippen LogP contribution in [-0.4, -0.2) is 54.6 Å². The minimum atomic E-state index is 0.258. The van der Waals surface area contributed by atoms with Crippen molar-refractivity contribution in [2.45, 2.75) is 24.9 Å². The number of piperidine rings is 1. The largest absolute Gasteiger partial charge is 0.329 e. The molecule has 100 valence electrons. The van der Waals surface area contributed by atoms with Crippen molar-refractivity contribution in [2.24, 2.45) is 5.73 Å². The van der Waals surface area contributed by atoms with E-state index in [9.17, 15) is 0 Å². The summed E-state index contributed by atoms with van der Waals surface area (Å²) in [5.41, 5.74) is 7.06. The molecule has 0 spiro atoms. The highest BCUT2D eigenvalue weighted by atomic mass is 15.2. The molecule has 4 nitrogen and oxygen atoms in total. The standard InChI is InChI=1S/C14H24N4/c1-17(2)12-6-5-9-18(11-12)14(10-15)13-7-3-4-8-16-13/h3-4,7-8,12,14H,5-6,9-11,15H2,1-2H3. The SMILES string of the molecule is CN(C)C1CCCN(C(CN)c2ccccn2)C1. The highest BCUT2D eigenvalue weighted by molar-refractivity contribution is 5.10. The Hall–Kier alpha value is -0.970. The number of aromatic nitrogens is 1. The summed E-state index contributed by atoms with van der Waals surface area (Å²) in [7, 11) is 4.32. The summed E-state index contributed by atoms with van der Waals surface area (Å²) in [6.45, 7) is 2.85. The second-order valence-corrected chi connectivity index (χ2v) is 5.26. The van der Waals surface area contributed by atoms with Crippen molar-refractivity contribution in [2.75, 3.05) is 33.7 Å². The van der Waals surface area contributed by atoms with Gasteiger partial charge in [-0.25, -0.2) is 0 Å². The molecule has 4 heteroatoms. The van der Waals surface area contributed by atoms with Gasteiger partial charge in [-0.05, 0) is 45.6 Å². The number of pyridine rings is 1. The number of likely N-dealkylation sites (N-methyl/N-ethyl adjacent to an activating group) is 1. The Kier molecular flexibility index (Phi) is 4.69. The lowest BCUT2D eigenvalue weighted by atomic mass is 10.0. The van der Waals surface area contributed by atoms with E-state index >= 15 is 0 Å². The second kappa shape index (κ2) is 6.27. The number of rotatable bonds is 4. The molecule has 0 aromatic carbocycles. The predicted molar refractivity (Wildman–Crippen MR) is 74.3 cm³/mol. The topological polar surface area (TPSA) is 45.4 Å². The summed E-state index contributed by atoms with van der Waals surface area (Å²) in [5, 5.41) is 0. The van der Waals surface area contributed by atoms with Crippen molar-refractivity contribution in [1.29, 1.82) is 0 Å². The van der Waals surface area contributed by atoms with E-state index in [2.05, 4.69) is 34.9 Å². The van der Waals surface area contributed by atoms with Gasteiger partial charge >= 0.3 is 0 Å². The van der Waals surface area contributed by atoms with Crippen molar-refractivity contribution in [3.05, 3.63) is 30.1 Å². The number of likely N-dealkylation sites (tertiary alicyclic amines) is 1. The number of nitrogens with two attached hydrogens (primary N) is 1. The molecule has 1 aromatic rings. The van der Waals surface area contributed by atoms with E-state index in [4.69, 9.17) is 5.73 Å². The molecular weight excluding hydrogens is 224 g/mol. The van der Waals surface area contributed by atoms with Crippen LogP contribution in [0, 0.1) is 0 Å². The van der Waals surface area contributed by atoms with Gasteiger partial charge in [-0.15, -0.1) is 0 Å². The van der Waals surface area contributed by atoms with Crippen molar-refractivity contribution in [1.82, 2.24) is 14.8 Å². The lowest BCUT2D eigenvalue weighted by molar-refractivity contribution is 0.0968. The molecule has 1 fully saturated rings. The van der Waals surface area contributed by atoms with E-state index in [1.165, 1.54) is 12.8 Å². The third kappa shape index (κ3) is 3.07. The Labute approximate surface area is 110 Å². The first kappa shape index (κ1) is 13.5. The highest BCUT2D eigenvalue weighted by Crippen LogP contribution is 2.23. The fraction of sp³-hybridized carbons (Fsp3) is 0.643. The Bertz CT molecular complexity index is 352. The minimum absolute atomic E-state index is 0.258. The monoisotopic (exact) mass is 248 g/mol. The summed E-state index contributed by atoms with van der Waals surface area (Å²) in [5.74, 6) is 0. The molecule has 2 atom stereocenters. The summed E-state index contributed by atoms with van der Waals surface area (Å²) in [6.07, 6.45) is 4.38. The van der Waals surface area contributed by atoms with Gasteiger partial charge in [-0.1, -0.05) is 6.07 Å². The average molecular weight is 248 g/mol. The third-order valence-corrected chi connectivity index (χ3v) is 3.85. The Morgan fingerprint density at radius 2 is 2.33 bits per heavy atom. The molecule has 0 radical (unpaired) electrons. The summed E-state index contributed by atoms with van der Waals surface area (Å²) < 4.78 is 0. The van der Waals surface area contributed by atoms with Crippen LogP contribution in [0.2, 0.25) is 0 Å². The van der Waals surface area contributed by atoms with Crippen LogP contribution < -0.4 is 5.73 Å². The van der Waals surface area contributed by atoms with Crippen molar-refractivity contribution in [3.63, 3.8) is 0 Å². The van der Waals surface area contributed by atoms with Crippen molar-refractivity contribution >= 4 is 0 Å². The van der Waals surface area contributed by atoms with Gasteiger partial charge < -0.3 is 10.6 Å². The van der Waals surface area contributed by atoms with Crippen LogP contribution in [0.15, 0.2) is 24.4 Å². The van der Waals surface area contributed by atoms with Gasteiger partial charge in [0.05, 0.1) is 11.7 Å². The first-order valence-corrected chi connectivity index (χ1v) is 6.74. The fourth-order valence-electron chi connectivity index (χ4n) is 2.72. The number of hydrogen-bond acceptors (Lipinski definition) is 4. The number of nitrogens with zero attached hydrogens (tertiary/aromatic N) is 3. The van der Waals surface area contributed by atoms with Crippen molar-refractivity contribution < 1.29 is 0 Å². The van der Waals surface area contributed by atoms with E-state index in [0.717, 1.165) is 18.8 Å². The van der Waals surface area contributed by atoms with Crippen LogP contribution >= 0.6 is 0 Å². The van der Waals surface area contributed by atoms with Crippen LogP contribution in [0.5, 0.6) is 0 Å². The molecule has 0 amide bonds. The Morgan fingerprint density at radius 1 is 1.50 bits per heavy atom. The van der Waals surface area contributed by atoms with Crippen LogP contribution in [0.25, 0.3) is 0 Å². The molecule has 2 N–H and O–H groups in total. The maximum atomic E-state index is 5.96. The van der Waals surface area contributed by atoms with Gasteiger partial charge in [-0.2, -0.15) is 0 Å². The maximum absolute atomic E-state index is 5.96. The number of hydrogen-bond donors (Lipinski definition) is 1. The molecule has 0 aliphatic carbocycles. The van der Waals surface area contributed by atoms with E-state index in [-0.39, 0.29) is 6.04 Å². The van der Waals surface area contributed by atoms with Gasteiger partial charge in [0.2, 0.25) is 0 Å². The van der Waals surface area contributed by atoms with E-state index in [0.29, 0.717) is 12.6 Å². The molecule has 0 saturated carbocycles. The summed E-state index contributed by atoms with van der Waals surface area (Å²) in [6, 6.07) is 6.97. The Balaban J connectivity index is 2.08. The molecule has 2 rings (SSSR count). The molecule has 2 unspecified atom stereocenters. The summed E-state index contributed by atoms with van der Waals surface area (Å²) >= 11 is 0. The van der Waals surface area contributed by atoms with Crippen LogP contribution in [-0.2, 0) is 0 Å². The fourth-order valence-corrected chi connectivity index (χ4v) is 2.72. The summed E-state index contributed by atoms with van der Waals surface area (Å²) in [4.78, 5) is 9.26. The third-order valence-electron chi connectivity index (χ3n) is 3.85. The molecule has 18 heavy (non-hydrogen) atoms. The Morgan fingerprint density at radius 3 is 2.94 bits per heavy atom. The van der Waals surface area contributed by atoms with E-state index < -0.39 is 0 Å². The van der Waals surface area contributed by atoms with Gasteiger partial charge in [0.15, 0.2) is 0 Å². The molecule has 1 aliphatic heterocycles. The molecular formula is C14H24N4. The van der Waals surface area contributed by atoms with Gasteiger partial charge in [0.25, 0.3) is 0 Å². The first-order valence-electron chi connectivity index (χ1n) is 6.74. The average Bonchev–Trinajstić information content (AvgIpc) is 2.41. The zero-order chi connectivity index (χ0) is 13.0. The van der Waals surface area contributed by atoms with Crippen LogP contribution in [0.1, 0.15) is 24.6 Å². The molecule has 1 aromatic heterocycles. The van der Waals surface area contributed by atoms with Crippen molar-refractivity contribution in [3.8, 4) is 0 Å². The van der Waals surface area contributed by atoms with E-state index in [1.54, 1.807) is 0 Å². The van der Waals surface area contributed by atoms with Gasteiger partial charge in [-0.3, -0.25) is 9.88 Å². The lowest BCUT2D eigenvalue weighted by Gasteiger charge is -2.40.